The highest BCUT2D eigenvalue weighted by Crippen LogP contribution is 2.11. The van der Waals surface area contributed by atoms with Crippen LogP contribution in [0, 0.1) is 0 Å². The lowest BCUT2D eigenvalue weighted by atomic mass is 10.2. The van der Waals surface area contributed by atoms with Gasteiger partial charge in [-0.3, -0.25) is 4.79 Å². The Kier molecular flexibility index (Phi) is 3.27. The number of nitrogens with one attached hydrogen (secondary N) is 1. The summed E-state index contributed by atoms with van der Waals surface area (Å²) in [6, 6.07) is 10.6. The van der Waals surface area contributed by atoms with E-state index in [1.54, 1.807) is 42.6 Å². The second-order valence-electron chi connectivity index (χ2n) is 3.31. The Labute approximate surface area is 98.0 Å². The molecule has 0 aliphatic rings. The number of carbonyl (C=O) groups excluding carboxylic acids is 1. The zero-order chi connectivity index (χ0) is 11.4. The molecule has 0 saturated carbocycles. The van der Waals surface area contributed by atoms with Gasteiger partial charge in [0.2, 0.25) is 5.88 Å². The van der Waals surface area contributed by atoms with Gasteiger partial charge in [0, 0.05) is 17.3 Å². The van der Waals surface area contributed by atoms with Crippen LogP contribution in [-0.2, 0) is 11.2 Å². The Balaban J connectivity index is 1.95. The molecule has 16 heavy (non-hydrogen) atoms. The van der Waals surface area contributed by atoms with Gasteiger partial charge in [0.1, 0.15) is 0 Å². The monoisotopic (exact) mass is 235 g/mol. The van der Waals surface area contributed by atoms with Crippen molar-refractivity contribution in [3.05, 3.63) is 53.2 Å². The number of benzene rings is 1. The van der Waals surface area contributed by atoms with Crippen LogP contribution in [0.15, 0.2) is 42.6 Å². The summed E-state index contributed by atoms with van der Waals surface area (Å²) in [5, 5.41) is 0.654. The van der Waals surface area contributed by atoms with E-state index in [1.807, 2.05) is 0 Å². The molecule has 0 radical (unpaired) electrons. The summed E-state index contributed by atoms with van der Waals surface area (Å²) >= 11 is 5.74. The summed E-state index contributed by atoms with van der Waals surface area (Å²) < 4.78 is 5.06. The molecule has 1 aromatic heterocycles. The van der Waals surface area contributed by atoms with Crippen molar-refractivity contribution in [2.45, 2.75) is 6.42 Å². The van der Waals surface area contributed by atoms with Crippen molar-refractivity contribution >= 4 is 17.6 Å². The maximum absolute atomic E-state index is 11.5. The number of halogens is 1. The van der Waals surface area contributed by atoms with E-state index in [0.717, 1.165) is 5.56 Å². The standard InChI is InChI=1S/C12H10ClNO2/c13-10-5-3-9(4-6-10)8-12(15)16-11-2-1-7-14-11/h1-7,14H,8H2. The first-order valence-corrected chi connectivity index (χ1v) is 5.20. The van der Waals surface area contributed by atoms with Crippen molar-refractivity contribution in [1.29, 1.82) is 0 Å². The van der Waals surface area contributed by atoms with Crippen LogP contribution in [-0.4, -0.2) is 11.0 Å². The number of hydrogen-bond acceptors (Lipinski definition) is 2. The second-order valence-corrected chi connectivity index (χ2v) is 3.75. The highest BCUT2D eigenvalue weighted by molar-refractivity contribution is 6.30. The average molecular weight is 236 g/mol. The zero-order valence-corrected chi connectivity index (χ0v) is 9.20. The Hall–Kier alpha value is -1.74. The summed E-state index contributed by atoms with van der Waals surface area (Å²) in [6.07, 6.45) is 1.93. The Morgan fingerprint density at radius 1 is 1.25 bits per heavy atom. The first kappa shape index (κ1) is 10.8. The van der Waals surface area contributed by atoms with E-state index in [1.165, 1.54) is 0 Å². The predicted molar refractivity (Wildman–Crippen MR) is 61.6 cm³/mol. The van der Waals surface area contributed by atoms with Gasteiger partial charge in [-0.25, -0.2) is 0 Å². The fourth-order valence-electron chi connectivity index (χ4n) is 1.30. The van der Waals surface area contributed by atoms with Crippen LogP contribution in [0.4, 0.5) is 0 Å². The van der Waals surface area contributed by atoms with Crippen LogP contribution >= 0.6 is 11.6 Å². The van der Waals surface area contributed by atoms with Crippen molar-refractivity contribution in [2.75, 3.05) is 0 Å². The van der Waals surface area contributed by atoms with Gasteiger partial charge in [0.15, 0.2) is 0 Å². The zero-order valence-electron chi connectivity index (χ0n) is 8.44. The molecule has 0 aliphatic heterocycles. The van der Waals surface area contributed by atoms with Gasteiger partial charge in [-0.2, -0.15) is 0 Å². The van der Waals surface area contributed by atoms with E-state index in [4.69, 9.17) is 16.3 Å². The number of H-pyrrole nitrogens is 1. The van der Waals surface area contributed by atoms with Crippen LogP contribution in [0.5, 0.6) is 5.88 Å². The highest BCUT2D eigenvalue weighted by Gasteiger charge is 2.06. The molecule has 2 rings (SSSR count). The molecule has 1 heterocycles. The van der Waals surface area contributed by atoms with E-state index < -0.39 is 0 Å². The number of carbonyl (C=O) groups is 1. The normalized spacial score (nSPS) is 10.1. The first-order chi connectivity index (χ1) is 7.74. The van der Waals surface area contributed by atoms with Crippen molar-refractivity contribution in [3.8, 4) is 5.88 Å². The Morgan fingerprint density at radius 3 is 2.62 bits per heavy atom. The molecule has 1 N–H and O–H groups in total. The van der Waals surface area contributed by atoms with Crippen LogP contribution in [0.2, 0.25) is 5.02 Å². The minimum Gasteiger partial charge on any atom is -0.409 e. The Morgan fingerprint density at radius 2 is 2.00 bits per heavy atom. The van der Waals surface area contributed by atoms with Gasteiger partial charge in [0.05, 0.1) is 6.42 Å². The number of esters is 1. The average Bonchev–Trinajstić information content (AvgIpc) is 2.74. The lowest BCUT2D eigenvalue weighted by Gasteiger charge is -2.02. The lowest BCUT2D eigenvalue weighted by molar-refractivity contribution is -0.133. The number of hydrogen-bond donors (Lipinski definition) is 1. The van der Waals surface area contributed by atoms with E-state index in [9.17, 15) is 4.79 Å². The fraction of sp³-hybridized carbons (Fsp3) is 0.0833. The quantitative estimate of drug-likeness (QED) is 0.832. The number of ether oxygens (including phenoxy) is 1. The predicted octanol–water partition coefficient (Wildman–Crippen LogP) is 2.82. The van der Waals surface area contributed by atoms with Gasteiger partial charge in [-0.1, -0.05) is 23.7 Å². The third kappa shape index (κ3) is 2.87. The first-order valence-electron chi connectivity index (χ1n) is 4.82. The van der Waals surface area contributed by atoms with Crippen LogP contribution in [0.25, 0.3) is 0 Å². The summed E-state index contributed by atoms with van der Waals surface area (Å²) in [5.74, 6) is 0.156. The molecule has 0 saturated heterocycles. The molecule has 4 heteroatoms. The summed E-state index contributed by atoms with van der Waals surface area (Å²) in [5.41, 5.74) is 0.876. The molecule has 0 bridgehead atoms. The van der Waals surface area contributed by atoms with Gasteiger partial charge in [-0.15, -0.1) is 0 Å². The number of aromatic nitrogens is 1. The van der Waals surface area contributed by atoms with Crippen LogP contribution < -0.4 is 4.74 Å². The largest absolute Gasteiger partial charge is 0.409 e. The van der Waals surface area contributed by atoms with Gasteiger partial charge in [0.25, 0.3) is 0 Å². The third-order valence-corrected chi connectivity index (χ3v) is 2.31. The molecule has 82 valence electrons. The SMILES string of the molecule is O=C(Cc1ccc(Cl)cc1)Oc1ccc[nH]1. The van der Waals surface area contributed by atoms with Crippen molar-refractivity contribution < 1.29 is 9.53 Å². The van der Waals surface area contributed by atoms with Crippen LogP contribution in [0.3, 0.4) is 0 Å². The van der Waals surface area contributed by atoms with Crippen molar-refractivity contribution in [2.24, 2.45) is 0 Å². The molecule has 3 nitrogen and oxygen atoms in total. The molecule has 0 spiro atoms. The second kappa shape index (κ2) is 4.86. The fourth-order valence-corrected chi connectivity index (χ4v) is 1.43. The van der Waals surface area contributed by atoms with E-state index in [2.05, 4.69) is 4.98 Å². The highest BCUT2D eigenvalue weighted by atomic mass is 35.5. The lowest BCUT2D eigenvalue weighted by Crippen LogP contribution is -2.11. The minimum absolute atomic E-state index is 0.232. The molecule has 0 aliphatic carbocycles. The molecule has 0 unspecified atom stereocenters. The van der Waals surface area contributed by atoms with E-state index >= 15 is 0 Å². The molecular formula is C12H10ClNO2. The number of aromatic amines is 1. The number of rotatable bonds is 3. The van der Waals surface area contributed by atoms with E-state index in [0.29, 0.717) is 10.9 Å². The van der Waals surface area contributed by atoms with Gasteiger partial charge >= 0.3 is 5.97 Å². The summed E-state index contributed by atoms with van der Waals surface area (Å²) in [6.45, 7) is 0. The topological polar surface area (TPSA) is 42.1 Å². The summed E-state index contributed by atoms with van der Waals surface area (Å²) in [7, 11) is 0. The molecule has 2 aromatic rings. The van der Waals surface area contributed by atoms with Crippen molar-refractivity contribution in [3.63, 3.8) is 0 Å². The molecular weight excluding hydrogens is 226 g/mol. The van der Waals surface area contributed by atoms with Crippen LogP contribution in [0.1, 0.15) is 5.56 Å². The maximum Gasteiger partial charge on any atom is 0.316 e. The van der Waals surface area contributed by atoms with Gasteiger partial charge < -0.3 is 9.72 Å². The molecule has 0 amide bonds. The van der Waals surface area contributed by atoms with E-state index in [-0.39, 0.29) is 12.4 Å². The smallest absolute Gasteiger partial charge is 0.316 e. The summed E-state index contributed by atoms with van der Waals surface area (Å²) in [4.78, 5) is 14.3. The van der Waals surface area contributed by atoms with Gasteiger partial charge in [-0.05, 0) is 23.8 Å². The minimum atomic E-state index is -0.301. The molecule has 0 fully saturated rings. The molecule has 0 atom stereocenters. The van der Waals surface area contributed by atoms with Crippen molar-refractivity contribution in [1.82, 2.24) is 4.98 Å². The Bertz CT molecular complexity index is 462. The third-order valence-electron chi connectivity index (χ3n) is 2.05. The maximum atomic E-state index is 11.5. The molecule has 1 aromatic carbocycles.